The van der Waals surface area contributed by atoms with Gasteiger partial charge in [0.2, 0.25) is 5.95 Å². The van der Waals surface area contributed by atoms with Crippen molar-refractivity contribution < 1.29 is 32.8 Å². The summed E-state index contributed by atoms with van der Waals surface area (Å²) in [4.78, 5) is 34.7. The van der Waals surface area contributed by atoms with Crippen LogP contribution < -0.4 is 20.9 Å². The predicted octanol–water partition coefficient (Wildman–Crippen LogP) is 2.11. The van der Waals surface area contributed by atoms with Crippen LogP contribution in [0, 0.1) is 0 Å². The number of hydrogen-bond donors (Lipinski definition) is 4. The molecule has 6 atom stereocenters. The lowest BCUT2D eigenvalue weighted by Gasteiger charge is -2.28. The molecule has 0 spiro atoms. The highest BCUT2D eigenvalue weighted by atomic mass is 35.5. The van der Waals surface area contributed by atoms with E-state index in [0.29, 0.717) is 5.75 Å². The Morgan fingerprint density at radius 3 is 2.77 bits per heavy atom. The van der Waals surface area contributed by atoms with Gasteiger partial charge in [-0.15, -0.1) is 0 Å². The van der Waals surface area contributed by atoms with Crippen molar-refractivity contribution in [2.24, 2.45) is 0 Å². The Hall–Kier alpha value is -2.65. The molecule has 3 heterocycles. The van der Waals surface area contributed by atoms with Gasteiger partial charge in [0.15, 0.2) is 17.4 Å². The number of carbonyl (C=O) groups excluding carboxylic acids is 1. The standard InChI is InChI=1S/C22H27ClFN6O7PS/c1-11(2)35-19(33)12(3)29-38(39,37-13-7-5-4-6-8-13)34-9-14-16(31)22(23,24)20(36-14)30-10-26-15-17(30)27-21(25)28-18(15)32/h4-8,10-12,14,16,20,31H,9H2,1-3H3,(H,29,39)(H3,25,27,28,32). The molecule has 0 amide bonds. The number of carbonyl (C=O) groups is 1. The minimum absolute atomic E-state index is 0.102. The molecule has 1 aliphatic heterocycles. The van der Waals surface area contributed by atoms with Gasteiger partial charge in [-0.05, 0) is 44.7 Å². The number of anilines is 1. The summed E-state index contributed by atoms with van der Waals surface area (Å²) in [5.41, 5.74) is 4.73. The van der Waals surface area contributed by atoms with Crippen LogP contribution in [0.2, 0.25) is 0 Å². The van der Waals surface area contributed by atoms with E-state index in [1.807, 2.05) is 0 Å². The van der Waals surface area contributed by atoms with Gasteiger partial charge < -0.3 is 29.4 Å². The first-order valence-corrected chi connectivity index (χ1v) is 14.7. The van der Waals surface area contributed by atoms with Crippen LogP contribution >= 0.6 is 18.2 Å². The molecule has 3 aromatic rings. The number of nitrogens with zero attached hydrogens (tertiary/aromatic N) is 3. The maximum absolute atomic E-state index is 15.6. The average molecular weight is 605 g/mol. The van der Waals surface area contributed by atoms with Crippen LogP contribution in [-0.4, -0.2) is 66.7 Å². The van der Waals surface area contributed by atoms with E-state index in [1.165, 1.54) is 6.92 Å². The van der Waals surface area contributed by atoms with E-state index in [0.717, 1.165) is 10.9 Å². The van der Waals surface area contributed by atoms with Crippen molar-refractivity contribution in [3.8, 4) is 5.75 Å². The third-order valence-corrected chi connectivity index (χ3v) is 8.43. The minimum atomic E-state index is -3.52. The first kappa shape index (κ1) is 29.3. The van der Waals surface area contributed by atoms with E-state index in [2.05, 4.69) is 20.0 Å². The molecule has 17 heteroatoms. The molecule has 5 N–H and O–H groups in total. The predicted molar refractivity (Wildman–Crippen MR) is 143 cm³/mol. The molecule has 0 aliphatic carbocycles. The van der Waals surface area contributed by atoms with Crippen molar-refractivity contribution in [1.82, 2.24) is 24.6 Å². The molecule has 4 rings (SSSR count). The van der Waals surface area contributed by atoms with Gasteiger partial charge in [0, 0.05) is 0 Å². The molecule has 13 nitrogen and oxygen atoms in total. The van der Waals surface area contributed by atoms with Crippen LogP contribution in [0.4, 0.5) is 10.3 Å². The number of H-pyrrole nitrogens is 1. The van der Waals surface area contributed by atoms with E-state index in [-0.39, 0.29) is 23.2 Å². The largest absolute Gasteiger partial charge is 0.462 e. The molecule has 212 valence electrons. The van der Waals surface area contributed by atoms with Crippen molar-refractivity contribution in [3.63, 3.8) is 0 Å². The molecule has 2 aromatic heterocycles. The first-order valence-electron chi connectivity index (χ1n) is 11.7. The summed E-state index contributed by atoms with van der Waals surface area (Å²) in [7, 11) is 0. The number of aromatic amines is 1. The van der Waals surface area contributed by atoms with E-state index in [4.69, 9.17) is 47.7 Å². The Bertz CT molecular complexity index is 1440. The van der Waals surface area contributed by atoms with Crippen LogP contribution in [0.5, 0.6) is 5.75 Å². The molecule has 39 heavy (non-hydrogen) atoms. The zero-order valence-corrected chi connectivity index (χ0v) is 23.5. The summed E-state index contributed by atoms with van der Waals surface area (Å²) in [6, 6.07) is 7.54. The summed E-state index contributed by atoms with van der Waals surface area (Å²) in [6.07, 6.45) is -4.20. The van der Waals surface area contributed by atoms with Crippen LogP contribution in [0.1, 0.15) is 27.0 Å². The number of ether oxygens (including phenoxy) is 2. The minimum Gasteiger partial charge on any atom is -0.462 e. The number of imidazole rings is 1. The highest BCUT2D eigenvalue weighted by Gasteiger charge is 2.58. The average Bonchev–Trinajstić information content (AvgIpc) is 3.36. The summed E-state index contributed by atoms with van der Waals surface area (Å²) in [6.45, 7) is 0.925. The van der Waals surface area contributed by atoms with Gasteiger partial charge in [-0.2, -0.15) is 4.98 Å². The lowest BCUT2D eigenvalue weighted by atomic mass is 10.1. The highest BCUT2D eigenvalue weighted by molar-refractivity contribution is 8.09. The quantitative estimate of drug-likeness (QED) is 0.151. The molecule has 1 aliphatic rings. The number of aliphatic hydroxyl groups is 1. The fourth-order valence-electron chi connectivity index (χ4n) is 3.73. The number of para-hydroxylation sites is 1. The molecule has 1 aromatic carbocycles. The van der Waals surface area contributed by atoms with Crippen LogP contribution in [0.15, 0.2) is 41.5 Å². The molecule has 1 fully saturated rings. The summed E-state index contributed by atoms with van der Waals surface area (Å²) in [5.74, 6) is -0.477. The van der Waals surface area contributed by atoms with Crippen LogP contribution in [-0.2, 0) is 30.6 Å². The number of esters is 1. The lowest BCUT2D eigenvalue weighted by Crippen LogP contribution is -2.40. The summed E-state index contributed by atoms with van der Waals surface area (Å²) in [5, 5.41) is 10.7. The smallest absolute Gasteiger partial charge is 0.323 e. The summed E-state index contributed by atoms with van der Waals surface area (Å²) < 4.78 is 39.4. The monoisotopic (exact) mass is 604 g/mol. The van der Waals surface area contributed by atoms with Crippen molar-refractivity contribution in [3.05, 3.63) is 47.0 Å². The zero-order chi connectivity index (χ0) is 28.5. The Labute approximate surface area is 232 Å². The fourth-order valence-corrected chi connectivity index (χ4v) is 6.44. The van der Waals surface area contributed by atoms with Crippen molar-refractivity contribution in [1.29, 1.82) is 0 Å². The number of halogens is 2. The number of fused-ring (bicyclic) bond motifs is 1. The molecule has 0 saturated carbocycles. The van der Waals surface area contributed by atoms with Gasteiger partial charge in [-0.1, -0.05) is 29.8 Å². The normalized spacial score (nSPS) is 25.5. The summed E-state index contributed by atoms with van der Waals surface area (Å²) >= 11 is 11.7. The highest BCUT2D eigenvalue weighted by Crippen LogP contribution is 2.49. The second-order valence-corrected chi connectivity index (χ2v) is 12.7. The number of hydrogen-bond acceptors (Lipinski definition) is 11. The fraction of sp³-hybridized carbons (Fsp3) is 0.455. The van der Waals surface area contributed by atoms with Crippen molar-refractivity contribution >= 4 is 53.1 Å². The Kier molecular flexibility index (Phi) is 8.61. The molecular formula is C22H27ClFN6O7PS. The third-order valence-electron chi connectivity index (χ3n) is 5.52. The second kappa shape index (κ2) is 11.5. The van der Waals surface area contributed by atoms with E-state index in [1.54, 1.807) is 44.2 Å². The molecular weight excluding hydrogens is 578 g/mol. The van der Waals surface area contributed by atoms with E-state index < -0.39 is 54.4 Å². The topological polar surface area (TPSA) is 176 Å². The van der Waals surface area contributed by atoms with E-state index in [9.17, 15) is 14.7 Å². The van der Waals surface area contributed by atoms with Gasteiger partial charge in [0.05, 0.1) is 19.0 Å². The van der Waals surface area contributed by atoms with Crippen molar-refractivity contribution in [2.75, 3.05) is 12.3 Å². The van der Waals surface area contributed by atoms with Gasteiger partial charge >= 0.3 is 12.6 Å². The van der Waals surface area contributed by atoms with Crippen molar-refractivity contribution in [2.45, 2.75) is 56.5 Å². The lowest BCUT2D eigenvalue weighted by molar-refractivity contribution is -0.149. The van der Waals surface area contributed by atoms with Crippen LogP contribution in [0.25, 0.3) is 11.2 Å². The number of rotatable bonds is 10. The molecule has 0 radical (unpaired) electrons. The number of nitrogen functional groups attached to an aromatic ring is 1. The maximum atomic E-state index is 15.6. The number of alkyl halides is 2. The number of benzene rings is 1. The number of nitrogens with two attached hydrogens (primary N) is 1. The second-order valence-electron chi connectivity index (χ2n) is 8.96. The molecule has 0 bridgehead atoms. The zero-order valence-electron chi connectivity index (χ0n) is 21.0. The Balaban J connectivity index is 1.56. The molecule has 1 saturated heterocycles. The first-order chi connectivity index (χ1) is 18.3. The third kappa shape index (κ3) is 6.40. The Morgan fingerprint density at radius 1 is 1.41 bits per heavy atom. The SMILES string of the molecule is CC(C)OC(=O)C(C)NP(=S)(OCC1OC(n2cnc3c(=O)[nH]c(N)nc32)C(F)(Cl)C1O)Oc1ccccc1. The molecule has 6 unspecified atom stereocenters. The maximum Gasteiger partial charge on any atom is 0.323 e. The number of aliphatic hydroxyl groups excluding tert-OH is 1. The van der Waals surface area contributed by atoms with Gasteiger partial charge in [0.25, 0.3) is 10.7 Å². The number of nitrogens with one attached hydrogen (secondary N) is 2. The van der Waals surface area contributed by atoms with Crippen LogP contribution in [0.3, 0.4) is 0 Å². The van der Waals surface area contributed by atoms with E-state index >= 15 is 4.39 Å². The van der Waals surface area contributed by atoms with Gasteiger partial charge in [-0.3, -0.25) is 19.1 Å². The van der Waals surface area contributed by atoms with Gasteiger partial charge in [0.1, 0.15) is 24.0 Å². The van der Waals surface area contributed by atoms with Gasteiger partial charge in [-0.25, -0.2) is 14.5 Å². The Morgan fingerprint density at radius 2 is 2.10 bits per heavy atom. The number of aromatic nitrogens is 4.